The van der Waals surface area contributed by atoms with E-state index in [-0.39, 0.29) is 5.82 Å². The van der Waals surface area contributed by atoms with E-state index < -0.39 is 5.97 Å². The van der Waals surface area contributed by atoms with Crippen LogP contribution in [0.1, 0.15) is 16.2 Å². The molecule has 90 valence electrons. The highest BCUT2D eigenvalue weighted by Crippen LogP contribution is 2.29. The van der Waals surface area contributed by atoms with E-state index in [0.717, 1.165) is 23.3 Å². The van der Waals surface area contributed by atoms with E-state index in [2.05, 4.69) is 9.97 Å². The molecule has 1 aromatic heterocycles. The number of rotatable bonds is 2. The average Bonchev–Trinajstić information content (AvgIpc) is 2.86. The van der Waals surface area contributed by atoms with Gasteiger partial charge in [0.2, 0.25) is 5.82 Å². The van der Waals surface area contributed by atoms with E-state index >= 15 is 0 Å². The highest BCUT2D eigenvalue weighted by atomic mass is 16.5. The average molecular weight is 242 g/mol. The third-order valence-corrected chi connectivity index (χ3v) is 2.83. The Kier molecular flexibility index (Phi) is 2.44. The fourth-order valence-electron chi connectivity index (χ4n) is 1.97. The summed E-state index contributed by atoms with van der Waals surface area (Å²) in [6.07, 6.45) is 2.33. The standard InChI is InChI=1S/C13H10N2O3/c16-13(17)12-14-5-3-10(15-12)8-1-2-11-9(7-8)4-6-18-11/h1-3,5,7H,4,6H2,(H,16,17). The van der Waals surface area contributed by atoms with Crippen molar-refractivity contribution in [3.8, 4) is 17.0 Å². The van der Waals surface area contributed by atoms with E-state index in [1.165, 1.54) is 6.20 Å². The predicted molar refractivity (Wildman–Crippen MR) is 63.6 cm³/mol. The zero-order valence-corrected chi connectivity index (χ0v) is 9.46. The van der Waals surface area contributed by atoms with Gasteiger partial charge in [0.15, 0.2) is 0 Å². The summed E-state index contributed by atoms with van der Waals surface area (Å²) in [5.74, 6) is -0.420. The summed E-state index contributed by atoms with van der Waals surface area (Å²) >= 11 is 0. The molecule has 0 saturated heterocycles. The molecule has 5 heteroatoms. The van der Waals surface area contributed by atoms with Gasteiger partial charge >= 0.3 is 5.97 Å². The molecule has 0 radical (unpaired) electrons. The number of carboxylic acid groups (broad SMARTS) is 1. The van der Waals surface area contributed by atoms with Crippen LogP contribution in [0, 0.1) is 0 Å². The van der Waals surface area contributed by atoms with Crippen molar-refractivity contribution in [1.82, 2.24) is 9.97 Å². The van der Waals surface area contributed by atoms with Crippen molar-refractivity contribution in [2.24, 2.45) is 0 Å². The number of carbonyl (C=O) groups is 1. The third kappa shape index (κ3) is 1.79. The van der Waals surface area contributed by atoms with Crippen LogP contribution < -0.4 is 4.74 Å². The van der Waals surface area contributed by atoms with E-state index in [0.29, 0.717) is 12.3 Å². The van der Waals surface area contributed by atoms with Crippen LogP contribution in [0.2, 0.25) is 0 Å². The van der Waals surface area contributed by atoms with Crippen molar-refractivity contribution in [3.63, 3.8) is 0 Å². The summed E-state index contributed by atoms with van der Waals surface area (Å²) in [6, 6.07) is 7.44. The highest BCUT2D eigenvalue weighted by Gasteiger charge is 2.14. The third-order valence-electron chi connectivity index (χ3n) is 2.83. The molecule has 5 nitrogen and oxygen atoms in total. The quantitative estimate of drug-likeness (QED) is 0.868. The number of ether oxygens (including phenoxy) is 1. The van der Waals surface area contributed by atoms with Crippen molar-refractivity contribution in [2.45, 2.75) is 6.42 Å². The van der Waals surface area contributed by atoms with Crippen molar-refractivity contribution < 1.29 is 14.6 Å². The zero-order valence-electron chi connectivity index (χ0n) is 9.46. The molecule has 0 unspecified atom stereocenters. The van der Waals surface area contributed by atoms with Crippen LogP contribution in [0.15, 0.2) is 30.5 Å². The SMILES string of the molecule is O=C(O)c1nccc(-c2ccc3c(c2)CCO3)n1. The maximum Gasteiger partial charge on any atom is 0.373 e. The number of aromatic nitrogens is 2. The molecule has 1 N–H and O–H groups in total. The molecular formula is C13H10N2O3. The molecule has 0 fully saturated rings. The fraction of sp³-hybridized carbons (Fsp3) is 0.154. The molecule has 0 amide bonds. The Morgan fingerprint density at radius 1 is 1.33 bits per heavy atom. The fourth-order valence-corrected chi connectivity index (χ4v) is 1.97. The van der Waals surface area contributed by atoms with Crippen LogP contribution in [0.3, 0.4) is 0 Å². The monoisotopic (exact) mass is 242 g/mol. The van der Waals surface area contributed by atoms with Gasteiger partial charge in [-0.3, -0.25) is 0 Å². The van der Waals surface area contributed by atoms with Gasteiger partial charge in [-0.25, -0.2) is 14.8 Å². The molecule has 0 bridgehead atoms. The molecular weight excluding hydrogens is 232 g/mol. The number of hydrogen-bond acceptors (Lipinski definition) is 4. The molecule has 3 rings (SSSR count). The van der Waals surface area contributed by atoms with Crippen LogP contribution in [-0.4, -0.2) is 27.7 Å². The van der Waals surface area contributed by atoms with E-state index in [1.807, 2.05) is 18.2 Å². The lowest BCUT2D eigenvalue weighted by atomic mass is 10.1. The molecule has 0 atom stereocenters. The van der Waals surface area contributed by atoms with Gasteiger partial charge in [-0.1, -0.05) is 0 Å². The summed E-state index contributed by atoms with van der Waals surface area (Å²) in [7, 11) is 0. The number of benzene rings is 1. The number of aromatic carboxylic acids is 1. The molecule has 0 spiro atoms. The van der Waals surface area contributed by atoms with Crippen LogP contribution in [0.25, 0.3) is 11.3 Å². The van der Waals surface area contributed by atoms with Crippen molar-refractivity contribution in [1.29, 1.82) is 0 Å². The predicted octanol–water partition coefficient (Wildman–Crippen LogP) is 1.78. The minimum atomic E-state index is -1.12. The second-order valence-corrected chi connectivity index (χ2v) is 3.99. The maximum absolute atomic E-state index is 10.8. The Morgan fingerprint density at radius 3 is 3.06 bits per heavy atom. The molecule has 0 aliphatic carbocycles. The van der Waals surface area contributed by atoms with Crippen LogP contribution in [0.5, 0.6) is 5.75 Å². The number of hydrogen-bond donors (Lipinski definition) is 1. The van der Waals surface area contributed by atoms with Gasteiger partial charge < -0.3 is 9.84 Å². The first-order valence-corrected chi connectivity index (χ1v) is 5.56. The minimum Gasteiger partial charge on any atom is -0.493 e. The van der Waals surface area contributed by atoms with Crippen molar-refractivity contribution in [2.75, 3.05) is 6.61 Å². The highest BCUT2D eigenvalue weighted by molar-refractivity contribution is 5.83. The van der Waals surface area contributed by atoms with E-state index in [4.69, 9.17) is 9.84 Å². The Bertz CT molecular complexity index is 625. The summed E-state index contributed by atoms with van der Waals surface area (Å²) in [5.41, 5.74) is 2.62. The van der Waals surface area contributed by atoms with Gasteiger partial charge in [0.25, 0.3) is 0 Å². The van der Waals surface area contributed by atoms with Gasteiger partial charge in [0, 0.05) is 18.2 Å². The summed E-state index contributed by atoms with van der Waals surface area (Å²) < 4.78 is 5.42. The lowest BCUT2D eigenvalue weighted by molar-refractivity contribution is 0.0683. The van der Waals surface area contributed by atoms with E-state index in [1.54, 1.807) is 6.07 Å². The lowest BCUT2D eigenvalue weighted by Crippen LogP contribution is -2.04. The zero-order chi connectivity index (χ0) is 12.5. The van der Waals surface area contributed by atoms with Crippen LogP contribution in [0.4, 0.5) is 0 Å². The topological polar surface area (TPSA) is 72.3 Å². The van der Waals surface area contributed by atoms with Crippen molar-refractivity contribution in [3.05, 3.63) is 41.9 Å². The molecule has 0 saturated carbocycles. The molecule has 1 aliphatic rings. The van der Waals surface area contributed by atoms with Gasteiger partial charge in [0.1, 0.15) is 5.75 Å². The largest absolute Gasteiger partial charge is 0.493 e. The van der Waals surface area contributed by atoms with Gasteiger partial charge in [-0.05, 0) is 29.8 Å². The van der Waals surface area contributed by atoms with E-state index in [9.17, 15) is 4.79 Å². The first kappa shape index (κ1) is 10.7. The van der Waals surface area contributed by atoms with Gasteiger partial charge in [-0.2, -0.15) is 0 Å². The Hall–Kier alpha value is -2.43. The molecule has 1 aromatic carbocycles. The second kappa shape index (κ2) is 4.10. The van der Waals surface area contributed by atoms with Gasteiger partial charge in [0.05, 0.1) is 12.3 Å². The Morgan fingerprint density at radius 2 is 2.22 bits per heavy atom. The molecule has 2 aromatic rings. The first-order valence-electron chi connectivity index (χ1n) is 5.56. The molecule has 2 heterocycles. The van der Waals surface area contributed by atoms with Crippen molar-refractivity contribution >= 4 is 5.97 Å². The summed E-state index contributed by atoms with van der Waals surface area (Å²) in [5, 5.41) is 8.87. The molecule has 18 heavy (non-hydrogen) atoms. The first-order chi connectivity index (χ1) is 8.74. The maximum atomic E-state index is 10.8. The minimum absolute atomic E-state index is 0.191. The Balaban J connectivity index is 2.04. The summed E-state index contributed by atoms with van der Waals surface area (Å²) in [6.45, 7) is 0.697. The lowest BCUT2D eigenvalue weighted by Gasteiger charge is -2.04. The Labute approximate surface area is 103 Å². The summed E-state index contributed by atoms with van der Waals surface area (Å²) in [4.78, 5) is 18.5. The van der Waals surface area contributed by atoms with Crippen LogP contribution in [-0.2, 0) is 6.42 Å². The van der Waals surface area contributed by atoms with Gasteiger partial charge in [-0.15, -0.1) is 0 Å². The smallest absolute Gasteiger partial charge is 0.373 e. The number of fused-ring (bicyclic) bond motifs is 1. The number of carboxylic acids is 1. The van der Waals surface area contributed by atoms with Crippen LogP contribution >= 0.6 is 0 Å². The number of nitrogens with zero attached hydrogens (tertiary/aromatic N) is 2. The normalized spacial score (nSPS) is 12.9. The molecule has 1 aliphatic heterocycles. The second-order valence-electron chi connectivity index (χ2n) is 3.99.